The van der Waals surface area contributed by atoms with Crippen LogP contribution in [0.25, 0.3) is 0 Å². The smallest absolute Gasteiger partial charge is 0.419 e. The molecule has 10 aliphatic rings. The van der Waals surface area contributed by atoms with Crippen molar-refractivity contribution in [3.8, 4) is 0 Å². The predicted octanol–water partition coefficient (Wildman–Crippen LogP) is -5.83. The van der Waals surface area contributed by atoms with Crippen molar-refractivity contribution >= 4 is 63.4 Å². The largest absolute Gasteiger partial charge is 2.00 e. The Kier molecular flexibility index (Phi) is 25.1. The maximum atomic E-state index is 3.82. The average Bonchev–Trinajstić information content (AvgIpc) is 4.03. The fraction of sp³-hybridized carbons (Fsp3) is 0. The molecule has 0 bridgehead atoms. The first-order valence-electron chi connectivity index (χ1n) is 13.9. The van der Waals surface area contributed by atoms with E-state index in [9.17, 15) is 0 Å². The predicted molar refractivity (Wildman–Crippen MR) is 178 cm³/mol. The fourth-order valence-electron chi connectivity index (χ4n) is 3.40. The van der Waals surface area contributed by atoms with Crippen molar-refractivity contribution in [3.63, 3.8) is 0 Å². The molecule has 30 nitrogen and oxygen atoms in total. The van der Waals surface area contributed by atoms with Crippen molar-refractivity contribution in [1.29, 1.82) is 0 Å². The van der Waals surface area contributed by atoms with Gasteiger partial charge < -0.3 is 104 Å². The molecule has 0 aromatic carbocycles. The standard InChI is InChI=1S/5C4H6N6.5Pt/c5*1-5-3-9(7-1)10-4-6-2-8-10;;;;;/h5*1-4H,(H,5,7)(H,6,8);;;;;/q5*-2;5*+2. The van der Waals surface area contributed by atoms with Crippen LogP contribution in [0.2, 0.25) is 0 Å². The summed E-state index contributed by atoms with van der Waals surface area (Å²) < 4.78 is 0. The van der Waals surface area contributed by atoms with Crippen molar-refractivity contribution in [2.75, 3.05) is 0 Å². The second-order valence-electron chi connectivity index (χ2n) is 8.67. The van der Waals surface area contributed by atoms with Gasteiger partial charge in [0, 0.05) is 0 Å². The molecule has 0 saturated heterocycles. The molecule has 310 valence electrons. The molecule has 0 saturated carbocycles. The zero-order valence-electron chi connectivity index (χ0n) is 27.1. The zero-order valence-corrected chi connectivity index (χ0v) is 38.4. The molecule has 0 aliphatic carbocycles. The monoisotopic (exact) mass is 1670 g/mol. The maximum Gasteiger partial charge on any atom is 2.00 e. The van der Waals surface area contributed by atoms with Gasteiger partial charge in [-0.15, -0.1) is 0 Å². The van der Waals surface area contributed by atoms with Gasteiger partial charge in [0.05, 0.1) is 0 Å². The van der Waals surface area contributed by atoms with Gasteiger partial charge in [0.2, 0.25) is 0 Å². The first-order valence-corrected chi connectivity index (χ1v) is 13.9. The van der Waals surface area contributed by atoms with Gasteiger partial charge in [-0.25, -0.2) is 51.2 Å². The number of hydrazine groups is 15. The molecule has 35 heteroatoms. The molecular formula is C20H30N30Pt5. The number of nitrogens with zero attached hydrogens (tertiary/aromatic N) is 20. The minimum atomic E-state index is 0. The number of aliphatic imine (C=N–C) groups is 10. The fourth-order valence-corrected chi connectivity index (χ4v) is 3.40. The zero-order chi connectivity index (χ0) is 34.1. The Bertz CT molecular complexity index is 949. The van der Waals surface area contributed by atoms with E-state index in [2.05, 4.69) is 104 Å². The Morgan fingerprint density at radius 1 is 0.200 bits per heavy atom. The van der Waals surface area contributed by atoms with Gasteiger partial charge in [-0.1, -0.05) is 63.4 Å². The van der Waals surface area contributed by atoms with Gasteiger partial charge >= 0.3 is 105 Å². The third-order valence-corrected chi connectivity index (χ3v) is 5.57. The van der Waals surface area contributed by atoms with Gasteiger partial charge in [0.1, 0.15) is 0 Å². The van der Waals surface area contributed by atoms with Crippen LogP contribution in [0.4, 0.5) is 0 Å². The second-order valence-corrected chi connectivity index (χ2v) is 8.67. The molecule has 10 N–H and O–H groups in total. The van der Waals surface area contributed by atoms with Crippen molar-refractivity contribution in [2.24, 2.45) is 49.9 Å². The Labute approximate surface area is 387 Å². The van der Waals surface area contributed by atoms with Crippen molar-refractivity contribution < 1.29 is 105 Å². The van der Waals surface area contributed by atoms with Gasteiger partial charge in [-0.2, -0.15) is 0 Å². The van der Waals surface area contributed by atoms with E-state index in [-0.39, 0.29) is 105 Å². The van der Waals surface area contributed by atoms with Gasteiger partial charge in [-0.3, -0.25) is 0 Å². The minimum absolute atomic E-state index is 0. The second kappa shape index (κ2) is 27.9. The summed E-state index contributed by atoms with van der Waals surface area (Å²) in [4.78, 5) is 38.2. The molecule has 0 aromatic rings. The first-order chi connectivity index (χ1) is 24.8. The van der Waals surface area contributed by atoms with Crippen LogP contribution < -0.4 is 54.3 Å². The van der Waals surface area contributed by atoms with Crippen LogP contribution in [-0.4, -0.2) is 115 Å². The Balaban J connectivity index is 0.000000336. The van der Waals surface area contributed by atoms with Crippen LogP contribution in [0.5, 0.6) is 0 Å². The number of nitrogens with one attached hydrogen (secondary N) is 10. The summed E-state index contributed by atoms with van der Waals surface area (Å²) in [5.74, 6) is 0. The molecule has 0 unspecified atom stereocenters. The maximum absolute atomic E-state index is 3.82. The molecule has 10 heterocycles. The number of rotatable bonds is 5. The van der Waals surface area contributed by atoms with E-state index in [0.717, 1.165) is 0 Å². The molecule has 0 aromatic heterocycles. The summed E-state index contributed by atoms with van der Waals surface area (Å²) in [5.41, 5.74) is 28.4. The van der Waals surface area contributed by atoms with Crippen LogP contribution >= 0.6 is 0 Å². The van der Waals surface area contributed by atoms with Gasteiger partial charge in [-0.05, 0) is 66.7 Å². The van der Waals surface area contributed by atoms with Crippen LogP contribution in [0.3, 0.4) is 0 Å². The topological polar surface area (TPSA) is 276 Å². The third-order valence-electron chi connectivity index (χ3n) is 5.57. The first kappa shape index (κ1) is 49.5. The summed E-state index contributed by atoms with van der Waals surface area (Å²) in [5, 5.41) is 16.5. The van der Waals surface area contributed by atoms with Crippen LogP contribution in [0, 0.1) is 66.7 Å². The molecule has 0 amide bonds. The van der Waals surface area contributed by atoms with Gasteiger partial charge in [0.25, 0.3) is 0 Å². The summed E-state index contributed by atoms with van der Waals surface area (Å²) in [6.45, 7) is 16.2. The van der Waals surface area contributed by atoms with E-state index in [1.54, 1.807) is 181 Å². The van der Waals surface area contributed by atoms with E-state index in [0.29, 0.717) is 0 Å². The van der Waals surface area contributed by atoms with Crippen molar-refractivity contribution in [1.82, 2.24) is 105 Å². The average molecular weight is 1670 g/mol. The van der Waals surface area contributed by atoms with Crippen molar-refractivity contribution in [2.45, 2.75) is 0 Å². The minimum Gasteiger partial charge on any atom is -0.419 e. The molecule has 10 aliphatic heterocycles. The van der Waals surface area contributed by atoms with Gasteiger partial charge in [0.15, 0.2) is 0 Å². The van der Waals surface area contributed by atoms with E-state index >= 15 is 0 Å². The summed E-state index contributed by atoms with van der Waals surface area (Å²) in [7, 11) is 0. The van der Waals surface area contributed by atoms with E-state index in [1.165, 1.54) is 0 Å². The molecule has 0 radical (unpaired) electrons. The summed E-state index contributed by atoms with van der Waals surface area (Å²) in [6.07, 6.45) is 15.8. The number of hydrogen-bond acceptors (Lipinski definition) is 30. The van der Waals surface area contributed by atoms with Crippen LogP contribution in [-0.2, 0) is 105 Å². The molecule has 0 atom stereocenters. The number of hydrogen-bond donors (Lipinski definition) is 10. The summed E-state index contributed by atoms with van der Waals surface area (Å²) >= 11 is 0. The SMILES string of the molecule is C1=N[CH-]N(N2[CH-]N=CN2)N1.C1=N[CH-]N(N2[CH-]N=CN2)N1.C1=N[CH-]N(N2[CH-]N=CN2)N1.C1=N[CH-]N(N2[CH-]N=CN2)N1.C1=N[CH-]N(N2[CH-]N=CN2)N1.[Pt+2].[Pt+2].[Pt+2].[Pt+2].[Pt+2]. The normalized spacial score (nSPS) is 21.5. The molecule has 0 spiro atoms. The Morgan fingerprint density at radius 3 is 0.345 bits per heavy atom. The van der Waals surface area contributed by atoms with E-state index in [4.69, 9.17) is 0 Å². The van der Waals surface area contributed by atoms with Crippen LogP contribution in [0.15, 0.2) is 49.9 Å². The van der Waals surface area contributed by atoms with Crippen molar-refractivity contribution in [3.05, 3.63) is 66.7 Å². The molecule has 55 heavy (non-hydrogen) atoms. The van der Waals surface area contributed by atoms with E-state index in [1.807, 2.05) is 0 Å². The summed E-state index contributed by atoms with van der Waals surface area (Å²) in [6, 6.07) is 0. The molecule has 0 fully saturated rings. The van der Waals surface area contributed by atoms with Crippen LogP contribution in [0.1, 0.15) is 0 Å². The van der Waals surface area contributed by atoms with E-state index < -0.39 is 0 Å². The quantitative estimate of drug-likeness (QED) is 0.115. The Morgan fingerprint density at radius 2 is 0.291 bits per heavy atom. The third kappa shape index (κ3) is 15.8. The Hall–Kier alpha value is -3.56. The molecule has 10 rings (SSSR count). The molecular weight excluding hydrogens is 1640 g/mol.